The molecule has 1 saturated heterocycles. The van der Waals surface area contributed by atoms with E-state index in [9.17, 15) is 22.4 Å². The van der Waals surface area contributed by atoms with E-state index in [0.29, 0.717) is 22.6 Å². The number of aromatic nitrogens is 1. The summed E-state index contributed by atoms with van der Waals surface area (Å²) in [6.07, 6.45) is -0.0576. The number of sulfonamides is 1. The summed E-state index contributed by atoms with van der Waals surface area (Å²) in [6.45, 7) is 2.27. The number of nitrogens with one attached hydrogen (secondary N) is 1. The normalized spacial score (nSPS) is 16.0. The molecule has 1 aliphatic heterocycles. The Morgan fingerprint density at radius 1 is 1.23 bits per heavy atom. The highest BCUT2D eigenvalue weighted by Gasteiger charge is 2.32. The van der Waals surface area contributed by atoms with Crippen molar-refractivity contribution in [1.82, 2.24) is 14.2 Å². The average Bonchev–Trinajstić information content (AvgIpc) is 2.96. The molecule has 2 heterocycles. The van der Waals surface area contributed by atoms with Crippen molar-refractivity contribution in [2.75, 3.05) is 26.2 Å². The number of hydrogen-bond donors (Lipinski definition) is 1. The van der Waals surface area contributed by atoms with E-state index in [0.717, 1.165) is 0 Å². The van der Waals surface area contributed by atoms with Gasteiger partial charge in [0.25, 0.3) is 10.0 Å². The van der Waals surface area contributed by atoms with Crippen molar-refractivity contribution < 1.29 is 17.6 Å². The van der Waals surface area contributed by atoms with E-state index in [2.05, 4.69) is 4.98 Å². The molecule has 1 amide bonds. The highest BCUT2D eigenvalue weighted by Crippen LogP contribution is 2.22. The van der Waals surface area contributed by atoms with E-state index in [1.807, 2.05) is 0 Å². The molecule has 2 aromatic rings. The molecule has 7 nitrogen and oxygen atoms in total. The zero-order chi connectivity index (χ0) is 18.9. The molecular weight excluding hydrogens is 381 g/mol. The molecule has 0 radical (unpaired) electrons. The molecule has 0 atom stereocenters. The fourth-order valence-corrected chi connectivity index (χ4v) is 5.71. The monoisotopic (exact) mass is 399 g/mol. The predicted molar refractivity (Wildman–Crippen MR) is 95.1 cm³/mol. The van der Waals surface area contributed by atoms with Crippen molar-refractivity contribution in [1.29, 1.82) is 0 Å². The number of rotatable bonds is 4. The van der Waals surface area contributed by atoms with E-state index < -0.39 is 20.7 Å². The minimum Gasteiger partial charge on any atom is -0.340 e. The summed E-state index contributed by atoms with van der Waals surface area (Å²) in [5.41, 5.74) is 0.637. The molecule has 1 N–H and O–H groups in total. The summed E-state index contributed by atoms with van der Waals surface area (Å²) >= 11 is 0.662. The highest BCUT2D eigenvalue weighted by atomic mass is 32.2. The van der Waals surface area contributed by atoms with E-state index >= 15 is 0 Å². The summed E-state index contributed by atoms with van der Waals surface area (Å²) in [7, 11) is -3.76. The fourth-order valence-electron chi connectivity index (χ4n) is 2.85. The van der Waals surface area contributed by atoms with Crippen LogP contribution in [0.1, 0.15) is 11.3 Å². The third-order valence-electron chi connectivity index (χ3n) is 4.25. The van der Waals surface area contributed by atoms with Crippen molar-refractivity contribution in [2.45, 2.75) is 17.6 Å². The Kier molecular flexibility index (Phi) is 5.26. The van der Waals surface area contributed by atoms with Gasteiger partial charge in [0, 0.05) is 31.9 Å². The first-order chi connectivity index (χ1) is 12.3. The molecule has 26 heavy (non-hydrogen) atoms. The second-order valence-electron chi connectivity index (χ2n) is 5.98. The van der Waals surface area contributed by atoms with Crippen LogP contribution in [-0.2, 0) is 21.2 Å². The maximum Gasteiger partial charge on any atom is 0.305 e. The summed E-state index contributed by atoms with van der Waals surface area (Å²) in [5.74, 6) is -0.672. The van der Waals surface area contributed by atoms with E-state index in [4.69, 9.17) is 0 Å². The van der Waals surface area contributed by atoms with Gasteiger partial charge in [-0.25, -0.2) is 12.8 Å². The molecule has 0 saturated carbocycles. The Hall–Kier alpha value is -2.04. The molecule has 0 unspecified atom stereocenters. The molecule has 10 heteroatoms. The zero-order valence-electron chi connectivity index (χ0n) is 14.1. The van der Waals surface area contributed by atoms with Gasteiger partial charge in [-0.2, -0.15) is 4.31 Å². The summed E-state index contributed by atoms with van der Waals surface area (Å²) in [5, 5.41) is 0. The van der Waals surface area contributed by atoms with Gasteiger partial charge in [-0.15, -0.1) is 0 Å². The summed E-state index contributed by atoms with van der Waals surface area (Å²) < 4.78 is 40.3. The second kappa shape index (κ2) is 7.29. The first-order valence-corrected chi connectivity index (χ1v) is 10.3. The van der Waals surface area contributed by atoms with Crippen LogP contribution in [0.2, 0.25) is 0 Å². The van der Waals surface area contributed by atoms with Crippen molar-refractivity contribution in [3.05, 3.63) is 51.0 Å². The molecule has 1 aliphatic rings. The number of H-pyrrole nitrogens is 1. The van der Waals surface area contributed by atoms with Crippen LogP contribution in [-0.4, -0.2) is 54.7 Å². The van der Waals surface area contributed by atoms with Gasteiger partial charge in [-0.1, -0.05) is 29.5 Å². The number of amides is 1. The van der Waals surface area contributed by atoms with Crippen LogP contribution in [0.5, 0.6) is 0 Å². The van der Waals surface area contributed by atoms with Crippen LogP contribution in [0.15, 0.2) is 33.3 Å². The molecule has 3 rings (SSSR count). The zero-order valence-corrected chi connectivity index (χ0v) is 15.7. The molecule has 1 fully saturated rings. The maximum atomic E-state index is 13.7. The van der Waals surface area contributed by atoms with Gasteiger partial charge < -0.3 is 9.88 Å². The second-order valence-corrected chi connectivity index (χ2v) is 9.10. The molecule has 0 spiro atoms. The lowest BCUT2D eigenvalue weighted by Gasteiger charge is -2.33. The quantitative estimate of drug-likeness (QED) is 0.829. The van der Waals surface area contributed by atoms with Crippen molar-refractivity contribution in [2.24, 2.45) is 0 Å². The first-order valence-electron chi connectivity index (χ1n) is 8.00. The molecular formula is C16H18FN3O4S2. The third-order valence-corrected chi connectivity index (χ3v) is 7.73. The first kappa shape index (κ1) is 18.7. The molecule has 0 bridgehead atoms. The lowest BCUT2D eigenvalue weighted by atomic mass is 10.1. The van der Waals surface area contributed by atoms with Gasteiger partial charge in [-0.3, -0.25) is 9.59 Å². The van der Waals surface area contributed by atoms with Gasteiger partial charge in [0.15, 0.2) is 4.21 Å². The topological polar surface area (TPSA) is 90.5 Å². The lowest BCUT2D eigenvalue weighted by Crippen LogP contribution is -2.50. The molecule has 140 valence electrons. The van der Waals surface area contributed by atoms with Crippen LogP contribution in [0.25, 0.3) is 0 Å². The van der Waals surface area contributed by atoms with Gasteiger partial charge in [-0.05, 0) is 18.6 Å². The predicted octanol–water partition coefficient (Wildman–Crippen LogP) is 0.960. The largest absolute Gasteiger partial charge is 0.340 e. The summed E-state index contributed by atoms with van der Waals surface area (Å²) in [4.78, 5) is 27.3. The number of thiazole rings is 1. The smallest absolute Gasteiger partial charge is 0.305 e. The van der Waals surface area contributed by atoms with Crippen molar-refractivity contribution in [3.63, 3.8) is 0 Å². The van der Waals surface area contributed by atoms with Crippen LogP contribution in [0.3, 0.4) is 0 Å². The molecule has 1 aromatic heterocycles. The number of aromatic amines is 1. The standard InChI is InChI=1S/C16H18FN3O4S2/c1-11-15(25-16(22)18-11)26(23,24)20-8-6-19(7-9-20)14(21)10-12-4-2-3-5-13(12)17/h2-5H,6-10H2,1H3,(H,18,22). The number of hydrogen-bond acceptors (Lipinski definition) is 5. The number of piperazine rings is 1. The van der Waals surface area contributed by atoms with Crippen LogP contribution in [0, 0.1) is 12.7 Å². The Bertz CT molecular complexity index is 975. The number of carbonyl (C=O) groups is 1. The minimum atomic E-state index is -3.76. The Morgan fingerprint density at radius 3 is 2.46 bits per heavy atom. The fraction of sp³-hybridized carbons (Fsp3) is 0.375. The van der Waals surface area contributed by atoms with E-state index in [-0.39, 0.29) is 42.7 Å². The van der Waals surface area contributed by atoms with Gasteiger partial charge in [0.2, 0.25) is 5.91 Å². The van der Waals surface area contributed by atoms with Gasteiger partial charge in [0.1, 0.15) is 5.82 Å². The maximum absolute atomic E-state index is 13.7. The minimum absolute atomic E-state index is 0.00799. The van der Waals surface area contributed by atoms with Crippen LogP contribution < -0.4 is 4.87 Å². The number of aryl methyl sites for hydroxylation is 1. The van der Waals surface area contributed by atoms with Gasteiger partial charge in [0.05, 0.1) is 6.42 Å². The third kappa shape index (κ3) is 3.71. The van der Waals surface area contributed by atoms with E-state index in [1.165, 1.54) is 15.3 Å². The van der Waals surface area contributed by atoms with Crippen molar-refractivity contribution >= 4 is 27.3 Å². The van der Waals surface area contributed by atoms with Crippen LogP contribution >= 0.6 is 11.3 Å². The van der Waals surface area contributed by atoms with Crippen LogP contribution in [0.4, 0.5) is 4.39 Å². The Balaban J connectivity index is 1.65. The molecule has 1 aromatic carbocycles. The SMILES string of the molecule is Cc1[nH]c(=O)sc1S(=O)(=O)N1CCN(C(=O)Cc2ccccc2F)CC1. The Labute approximate surface area is 154 Å². The number of nitrogens with zero attached hydrogens (tertiary/aromatic N) is 2. The Morgan fingerprint density at radius 2 is 1.88 bits per heavy atom. The molecule has 0 aliphatic carbocycles. The lowest BCUT2D eigenvalue weighted by molar-refractivity contribution is -0.131. The number of halogens is 1. The number of carbonyl (C=O) groups excluding carboxylic acids is 1. The highest BCUT2D eigenvalue weighted by molar-refractivity contribution is 7.91. The average molecular weight is 399 g/mol. The summed E-state index contributed by atoms with van der Waals surface area (Å²) in [6, 6.07) is 6.09. The van der Waals surface area contributed by atoms with Gasteiger partial charge >= 0.3 is 4.87 Å². The van der Waals surface area contributed by atoms with Crippen molar-refractivity contribution in [3.8, 4) is 0 Å². The van der Waals surface area contributed by atoms with E-state index in [1.54, 1.807) is 25.1 Å². The number of benzene rings is 1.